The fourth-order valence-corrected chi connectivity index (χ4v) is 5.35. The number of aliphatic hydroxyl groups is 2. The van der Waals surface area contributed by atoms with Crippen LogP contribution in [0.3, 0.4) is 0 Å². The van der Waals surface area contributed by atoms with E-state index in [1.165, 1.54) is 16.4 Å². The van der Waals surface area contributed by atoms with E-state index < -0.39 is 21.7 Å². The first kappa shape index (κ1) is 20.7. The highest BCUT2D eigenvalue weighted by molar-refractivity contribution is 7.89. The third kappa shape index (κ3) is 4.70. The Balaban J connectivity index is 1.60. The monoisotopic (exact) mass is 398 g/mol. The summed E-state index contributed by atoms with van der Waals surface area (Å²) >= 11 is 0. The van der Waals surface area contributed by atoms with Gasteiger partial charge in [-0.25, -0.2) is 8.42 Å². The van der Waals surface area contributed by atoms with Crippen LogP contribution in [-0.4, -0.2) is 85.0 Å². The predicted molar refractivity (Wildman–Crippen MR) is 102 cm³/mol. The Morgan fingerprint density at radius 1 is 1.22 bits per heavy atom. The SMILES string of the molecule is CCCOC1CCN(C[C@]2(O)CN(S(=O)(=O)c3ccccc3)C[C@H]2O)CC1. The molecule has 152 valence electrons. The van der Waals surface area contributed by atoms with Crippen LogP contribution in [0.25, 0.3) is 0 Å². The Kier molecular flexibility index (Phi) is 6.55. The van der Waals surface area contributed by atoms with Crippen molar-refractivity contribution in [3.05, 3.63) is 30.3 Å². The Morgan fingerprint density at radius 2 is 1.89 bits per heavy atom. The Morgan fingerprint density at radius 3 is 2.52 bits per heavy atom. The molecule has 0 bridgehead atoms. The molecule has 27 heavy (non-hydrogen) atoms. The highest BCUT2D eigenvalue weighted by Crippen LogP contribution is 2.29. The van der Waals surface area contributed by atoms with Gasteiger partial charge in [-0.2, -0.15) is 4.31 Å². The highest BCUT2D eigenvalue weighted by atomic mass is 32.2. The van der Waals surface area contributed by atoms with Gasteiger partial charge in [0.15, 0.2) is 0 Å². The maximum Gasteiger partial charge on any atom is 0.243 e. The van der Waals surface area contributed by atoms with Crippen molar-refractivity contribution < 1.29 is 23.4 Å². The summed E-state index contributed by atoms with van der Waals surface area (Å²) in [5.74, 6) is 0. The minimum Gasteiger partial charge on any atom is -0.389 e. The second kappa shape index (κ2) is 8.55. The first-order chi connectivity index (χ1) is 12.8. The van der Waals surface area contributed by atoms with Gasteiger partial charge in [0.05, 0.1) is 17.1 Å². The first-order valence-electron chi connectivity index (χ1n) is 9.65. The molecule has 7 nitrogen and oxygen atoms in total. The summed E-state index contributed by atoms with van der Waals surface area (Å²) in [7, 11) is -3.73. The van der Waals surface area contributed by atoms with Crippen molar-refractivity contribution >= 4 is 10.0 Å². The van der Waals surface area contributed by atoms with E-state index in [1.54, 1.807) is 18.2 Å². The first-order valence-corrected chi connectivity index (χ1v) is 11.1. The van der Waals surface area contributed by atoms with Gasteiger partial charge in [-0.3, -0.25) is 0 Å². The number of β-amino-alcohol motifs (C(OH)–C–C–N with tert-alkyl or cyclic N) is 2. The van der Waals surface area contributed by atoms with Crippen molar-refractivity contribution in [2.24, 2.45) is 0 Å². The summed E-state index contributed by atoms with van der Waals surface area (Å²) in [4.78, 5) is 2.27. The van der Waals surface area contributed by atoms with Gasteiger partial charge in [-0.15, -0.1) is 0 Å². The van der Waals surface area contributed by atoms with E-state index in [2.05, 4.69) is 11.8 Å². The third-order valence-corrected chi connectivity index (χ3v) is 7.24. The molecule has 2 aliphatic heterocycles. The lowest BCUT2D eigenvalue weighted by molar-refractivity contribution is -0.0727. The molecule has 8 heteroatoms. The van der Waals surface area contributed by atoms with Gasteiger partial charge in [0.25, 0.3) is 0 Å². The maximum atomic E-state index is 12.8. The van der Waals surface area contributed by atoms with Crippen molar-refractivity contribution in [2.45, 2.75) is 48.9 Å². The lowest BCUT2D eigenvalue weighted by atomic mass is 9.98. The van der Waals surface area contributed by atoms with E-state index in [0.717, 1.165) is 39.0 Å². The zero-order valence-corrected chi connectivity index (χ0v) is 16.6. The van der Waals surface area contributed by atoms with E-state index in [1.807, 2.05) is 0 Å². The molecule has 0 aliphatic carbocycles. The number of nitrogens with zero attached hydrogens (tertiary/aromatic N) is 2. The fourth-order valence-electron chi connectivity index (χ4n) is 3.82. The zero-order valence-electron chi connectivity index (χ0n) is 15.8. The van der Waals surface area contributed by atoms with Gasteiger partial charge in [-0.05, 0) is 31.4 Å². The maximum absolute atomic E-state index is 12.8. The number of benzene rings is 1. The predicted octanol–water partition coefficient (Wildman–Crippen LogP) is 0.674. The molecule has 2 N–H and O–H groups in total. The molecule has 0 radical (unpaired) electrons. The van der Waals surface area contributed by atoms with E-state index in [4.69, 9.17) is 4.74 Å². The molecule has 2 aliphatic rings. The van der Waals surface area contributed by atoms with Gasteiger partial charge in [-0.1, -0.05) is 25.1 Å². The molecule has 2 saturated heterocycles. The number of sulfonamides is 1. The molecular formula is C19H30N2O5S. The number of aliphatic hydroxyl groups excluding tert-OH is 1. The quantitative estimate of drug-likeness (QED) is 0.702. The lowest BCUT2D eigenvalue weighted by Crippen LogP contribution is -2.53. The Bertz CT molecular complexity index is 706. The molecule has 1 aromatic carbocycles. The second-order valence-corrected chi connectivity index (χ2v) is 9.51. The van der Waals surface area contributed by atoms with Crippen LogP contribution in [0.15, 0.2) is 35.2 Å². The number of likely N-dealkylation sites (tertiary alicyclic amines) is 1. The molecule has 2 heterocycles. The number of hydrogen-bond acceptors (Lipinski definition) is 6. The molecule has 0 aromatic heterocycles. The van der Waals surface area contributed by atoms with Gasteiger partial charge in [0, 0.05) is 39.3 Å². The van der Waals surface area contributed by atoms with Crippen LogP contribution in [0, 0.1) is 0 Å². The van der Waals surface area contributed by atoms with Crippen molar-refractivity contribution in [2.75, 3.05) is 39.3 Å². The van der Waals surface area contributed by atoms with Gasteiger partial charge in [0.2, 0.25) is 10.0 Å². The highest BCUT2D eigenvalue weighted by Gasteiger charge is 2.49. The van der Waals surface area contributed by atoms with Crippen LogP contribution in [0.2, 0.25) is 0 Å². The average molecular weight is 399 g/mol. The van der Waals surface area contributed by atoms with Crippen molar-refractivity contribution in [1.29, 1.82) is 0 Å². The van der Waals surface area contributed by atoms with Gasteiger partial charge in [0.1, 0.15) is 5.60 Å². The second-order valence-electron chi connectivity index (χ2n) is 7.58. The third-order valence-electron chi connectivity index (χ3n) is 5.42. The van der Waals surface area contributed by atoms with Crippen LogP contribution in [0.5, 0.6) is 0 Å². The number of rotatable bonds is 7. The molecular weight excluding hydrogens is 368 g/mol. The molecule has 1 aromatic rings. The number of hydrogen-bond donors (Lipinski definition) is 2. The number of ether oxygens (including phenoxy) is 1. The Hall–Kier alpha value is -1.03. The molecule has 0 unspecified atom stereocenters. The fraction of sp³-hybridized carbons (Fsp3) is 0.684. The largest absolute Gasteiger partial charge is 0.389 e. The van der Waals surface area contributed by atoms with Crippen molar-refractivity contribution in [1.82, 2.24) is 9.21 Å². The smallest absolute Gasteiger partial charge is 0.243 e. The number of piperidine rings is 1. The van der Waals surface area contributed by atoms with Crippen LogP contribution < -0.4 is 0 Å². The van der Waals surface area contributed by atoms with Crippen LogP contribution in [0.4, 0.5) is 0 Å². The van der Waals surface area contributed by atoms with Crippen molar-refractivity contribution in [3.8, 4) is 0 Å². The van der Waals surface area contributed by atoms with E-state index >= 15 is 0 Å². The van der Waals surface area contributed by atoms with Crippen LogP contribution >= 0.6 is 0 Å². The van der Waals surface area contributed by atoms with Gasteiger partial charge >= 0.3 is 0 Å². The summed E-state index contributed by atoms with van der Waals surface area (Å²) < 4.78 is 32.5. The van der Waals surface area contributed by atoms with E-state index in [-0.39, 0.29) is 30.6 Å². The molecule has 3 rings (SSSR count). The van der Waals surface area contributed by atoms with Crippen LogP contribution in [-0.2, 0) is 14.8 Å². The molecule has 2 fully saturated rings. The summed E-state index contributed by atoms with van der Waals surface area (Å²) in [6.45, 7) is 4.46. The summed E-state index contributed by atoms with van der Waals surface area (Å²) in [6, 6.07) is 8.13. The molecule has 0 amide bonds. The minimum atomic E-state index is -3.73. The topological polar surface area (TPSA) is 90.3 Å². The normalized spacial score (nSPS) is 28.6. The van der Waals surface area contributed by atoms with Crippen molar-refractivity contribution in [3.63, 3.8) is 0 Å². The molecule has 0 spiro atoms. The van der Waals surface area contributed by atoms with Gasteiger partial charge < -0.3 is 19.8 Å². The lowest BCUT2D eigenvalue weighted by Gasteiger charge is -2.37. The van der Waals surface area contributed by atoms with E-state index in [9.17, 15) is 18.6 Å². The zero-order chi connectivity index (χ0) is 19.5. The van der Waals surface area contributed by atoms with Crippen LogP contribution in [0.1, 0.15) is 26.2 Å². The minimum absolute atomic E-state index is 0.0934. The summed E-state index contributed by atoms with van der Waals surface area (Å²) in [5, 5.41) is 21.4. The molecule has 2 atom stereocenters. The standard InChI is InChI=1S/C19H30N2O5S/c1-2-12-26-16-8-10-20(11-9-16)14-19(23)15-21(13-18(19)22)27(24,25)17-6-4-3-5-7-17/h3-7,16,18,22-23H,2,8-15H2,1H3/t18-,19+/m1/s1. The summed E-state index contributed by atoms with van der Waals surface area (Å²) in [6.07, 6.45) is 1.92. The average Bonchev–Trinajstić information content (AvgIpc) is 2.97. The Labute approximate surface area is 161 Å². The van der Waals surface area contributed by atoms with E-state index in [0.29, 0.717) is 0 Å². The molecule has 0 saturated carbocycles. The summed E-state index contributed by atoms with van der Waals surface area (Å²) in [5.41, 5.74) is -1.46.